The maximum Gasteiger partial charge on any atom is 0.338 e. The molecular formula is C34H38N4O9. The van der Waals surface area contributed by atoms with Gasteiger partial charge in [-0.1, -0.05) is 18.2 Å². The number of rotatable bonds is 15. The molecule has 0 bridgehead atoms. The Balaban J connectivity index is 1.29. The van der Waals surface area contributed by atoms with E-state index in [0.717, 1.165) is 11.1 Å². The quantitative estimate of drug-likeness (QED) is 0.0822. The number of nitrogens with one attached hydrogen (secondary N) is 3. The van der Waals surface area contributed by atoms with Gasteiger partial charge in [-0.05, 0) is 86.0 Å². The van der Waals surface area contributed by atoms with Crippen molar-refractivity contribution in [3.8, 4) is 17.2 Å². The van der Waals surface area contributed by atoms with Gasteiger partial charge in [-0.2, -0.15) is 5.10 Å². The number of nitrogens with zero attached hydrogens (tertiary/aromatic N) is 1. The van der Waals surface area contributed by atoms with Crippen molar-refractivity contribution in [2.45, 2.75) is 39.6 Å². The SMILES string of the molecule is CCOC(=O)c1ccc(COc2ccc(/C=N/N[C@@H](O)COc3ccc([C@H]4NC(=O)NC(C)=C4C(=O)OC)cc3OCC)cc2)cc1. The van der Waals surface area contributed by atoms with Crippen LogP contribution in [0.1, 0.15) is 53.9 Å². The lowest BCUT2D eigenvalue weighted by Gasteiger charge is -2.28. The van der Waals surface area contributed by atoms with Gasteiger partial charge in [-0.15, -0.1) is 0 Å². The molecule has 1 aliphatic heterocycles. The Labute approximate surface area is 272 Å². The molecule has 4 N–H and O–H groups in total. The van der Waals surface area contributed by atoms with Crippen LogP contribution < -0.4 is 30.3 Å². The molecule has 1 heterocycles. The van der Waals surface area contributed by atoms with E-state index in [1.54, 1.807) is 62.5 Å². The third kappa shape index (κ3) is 9.47. The summed E-state index contributed by atoms with van der Waals surface area (Å²) in [5.74, 6) is 0.444. The number of aliphatic hydroxyl groups is 1. The van der Waals surface area contributed by atoms with Crippen molar-refractivity contribution in [2.75, 3.05) is 26.9 Å². The Morgan fingerprint density at radius 1 is 0.957 bits per heavy atom. The van der Waals surface area contributed by atoms with Gasteiger partial charge >= 0.3 is 18.0 Å². The highest BCUT2D eigenvalue weighted by Crippen LogP contribution is 2.35. The first-order valence-electron chi connectivity index (χ1n) is 14.9. The molecule has 248 valence electrons. The maximum atomic E-state index is 12.4. The monoisotopic (exact) mass is 646 g/mol. The molecule has 1 aliphatic rings. The van der Waals surface area contributed by atoms with Crippen molar-refractivity contribution < 1.29 is 43.2 Å². The predicted octanol–water partition coefficient (Wildman–Crippen LogP) is 3.96. The topological polar surface area (TPSA) is 166 Å². The van der Waals surface area contributed by atoms with Crippen LogP contribution in [0.2, 0.25) is 0 Å². The molecule has 0 fully saturated rings. The van der Waals surface area contributed by atoms with E-state index in [1.807, 2.05) is 31.2 Å². The van der Waals surface area contributed by atoms with Crippen LogP contribution in [0.25, 0.3) is 0 Å². The third-order valence-corrected chi connectivity index (χ3v) is 6.86. The number of esters is 2. The lowest BCUT2D eigenvalue weighted by atomic mass is 9.95. The van der Waals surface area contributed by atoms with Gasteiger partial charge in [0.15, 0.2) is 17.7 Å². The lowest BCUT2D eigenvalue weighted by Crippen LogP contribution is -2.45. The highest BCUT2D eigenvalue weighted by Gasteiger charge is 2.32. The lowest BCUT2D eigenvalue weighted by molar-refractivity contribution is -0.136. The molecule has 0 aliphatic carbocycles. The Bertz CT molecular complexity index is 1600. The zero-order valence-corrected chi connectivity index (χ0v) is 26.6. The van der Waals surface area contributed by atoms with Gasteiger partial charge in [-0.25, -0.2) is 14.4 Å². The van der Waals surface area contributed by atoms with Crippen LogP contribution in [-0.2, 0) is 20.9 Å². The number of hydrazone groups is 1. The van der Waals surface area contributed by atoms with Gasteiger partial charge in [0, 0.05) is 5.70 Å². The summed E-state index contributed by atoms with van der Waals surface area (Å²) in [5, 5.41) is 19.8. The van der Waals surface area contributed by atoms with Gasteiger partial charge in [0.1, 0.15) is 19.0 Å². The molecule has 3 aromatic rings. The van der Waals surface area contributed by atoms with E-state index >= 15 is 0 Å². The van der Waals surface area contributed by atoms with Crippen molar-refractivity contribution in [3.63, 3.8) is 0 Å². The summed E-state index contributed by atoms with van der Waals surface area (Å²) in [7, 11) is 1.27. The number of allylic oxidation sites excluding steroid dienone is 1. The Morgan fingerprint density at radius 3 is 2.38 bits per heavy atom. The zero-order chi connectivity index (χ0) is 33.8. The highest BCUT2D eigenvalue weighted by atomic mass is 16.5. The maximum absolute atomic E-state index is 12.4. The van der Waals surface area contributed by atoms with Crippen LogP contribution in [0.15, 0.2) is 83.1 Å². The number of hydrogen-bond acceptors (Lipinski definition) is 11. The number of urea groups is 1. The van der Waals surface area contributed by atoms with Gasteiger partial charge < -0.3 is 39.4 Å². The summed E-state index contributed by atoms with van der Waals surface area (Å²) in [6.07, 6.45) is 0.405. The number of aliphatic hydroxyl groups excluding tert-OH is 1. The zero-order valence-electron chi connectivity index (χ0n) is 26.6. The van der Waals surface area contributed by atoms with Crippen LogP contribution in [0.3, 0.4) is 0 Å². The molecule has 2 amide bonds. The fourth-order valence-electron chi connectivity index (χ4n) is 4.59. The Kier molecular flexibility index (Phi) is 12.2. The molecule has 0 unspecified atom stereocenters. The second-order valence-corrected chi connectivity index (χ2v) is 10.2. The molecule has 0 radical (unpaired) electrons. The minimum Gasteiger partial charge on any atom is -0.490 e. The molecular weight excluding hydrogens is 608 g/mol. The average molecular weight is 647 g/mol. The molecule has 4 rings (SSSR count). The third-order valence-electron chi connectivity index (χ3n) is 6.86. The van der Waals surface area contributed by atoms with E-state index in [1.165, 1.54) is 7.11 Å². The molecule has 0 aromatic heterocycles. The molecule has 0 spiro atoms. The number of ether oxygens (including phenoxy) is 5. The minimum absolute atomic E-state index is 0.152. The molecule has 2 atom stereocenters. The Hall–Kier alpha value is -5.56. The van der Waals surface area contributed by atoms with Crippen LogP contribution in [0.5, 0.6) is 17.2 Å². The highest BCUT2D eigenvalue weighted by molar-refractivity contribution is 5.95. The summed E-state index contributed by atoms with van der Waals surface area (Å²) >= 11 is 0. The Morgan fingerprint density at radius 2 is 1.70 bits per heavy atom. The number of carbonyl (C=O) groups is 3. The van der Waals surface area contributed by atoms with Gasteiger partial charge in [0.05, 0.1) is 43.7 Å². The smallest absolute Gasteiger partial charge is 0.338 e. The first-order chi connectivity index (χ1) is 22.7. The molecule has 47 heavy (non-hydrogen) atoms. The van der Waals surface area contributed by atoms with Crippen molar-refractivity contribution >= 4 is 24.2 Å². The standard InChI is InChI=1S/C34H38N4O9/c1-5-44-28-17-25(31-30(33(41)43-4)21(3)36-34(42)37-31)13-16-27(28)47-20-29(39)38-35-18-22-9-14-26(15-10-22)46-19-23-7-11-24(12-8-23)32(40)45-6-2/h7-18,29,31,38-39H,5-6,19-20H2,1-4H3,(H2,36,37,42)/b35-18+/t29-,31+/m0/s1. The number of methoxy groups -OCH3 is 1. The first-order valence-corrected chi connectivity index (χ1v) is 14.9. The largest absolute Gasteiger partial charge is 0.490 e. The number of benzene rings is 3. The van der Waals surface area contributed by atoms with Gasteiger partial charge in [0.25, 0.3) is 0 Å². The van der Waals surface area contributed by atoms with E-state index in [2.05, 4.69) is 21.2 Å². The molecule has 13 nitrogen and oxygen atoms in total. The summed E-state index contributed by atoms with van der Waals surface area (Å²) in [6.45, 7) is 6.03. The van der Waals surface area contributed by atoms with Crippen LogP contribution >= 0.6 is 0 Å². The van der Waals surface area contributed by atoms with Crippen molar-refractivity contribution in [2.24, 2.45) is 5.10 Å². The van der Waals surface area contributed by atoms with Crippen molar-refractivity contribution in [1.82, 2.24) is 16.1 Å². The number of hydrogen-bond donors (Lipinski definition) is 4. The summed E-state index contributed by atoms with van der Waals surface area (Å²) in [5.41, 5.74) is 6.02. The molecule has 13 heteroatoms. The fourth-order valence-corrected chi connectivity index (χ4v) is 4.59. The summed E-state index contributed by atoms with van der Waals surface area (Å²) in [4.78, 5) is 36.4. The summed E-state index contributed by atoms with van der Waals surface area (Å²) in [6, 6.07) is 18.1. The fraction of sp³-hybridized carbons (Fsp3) is 0.294. The molecule has 0 saturated carbocycles. The van der Waals surface area contributed by atoms with Crippen molar-refractivity contribution in [1.29, 1.82) is 0 Å². The van der Waals surface area contributed by atoms with Gasteiger partial charge in [0.2, 0.25) is 0 Å². The minimum atomic E-state index is -1.14. The second-order valence-electron chi connectivity index (χ2n) is 10.2. The van der Waals surface area contributed by atoms with E-state index in [9.17, 15) is 19.5 Å². The number of amides is 2. The van der Waals surface area contributed by atoms with Crippen LogP contribution in [0, 0.1) is 0 Å². The van der Waals surface area contributed by atoms with Crippen molar-refractivity contribution in [3.05, 3.63) is 100 Å². The van der Waals surface area contributed by atoms with E-state index in [0.29, 0.717) is 53.9 Å². The van der Waals surface area contributed by atoms with Gasteiger partial charge in [-0.3, -0.25) is 5.43 Å². The summed E-state index contributed by atoms with van der Waals surface area (Å²) < 4.78 is 27.3. The second kappa shape index (κ2) is 16.7. The molecule has 0 saturated heterocycles. The average Bonchev–Trinajstić information content (AvgIpc) is 3.07. The van der Waals surface area contributed by atoms with Crippen LogP contribution in [0.4, 0.5) is 4.79 Å². The normalized spacial score (nSPS) is 14.9. The van der Waals surface area contributed by atoms with Crippen LogP contribution in [-0.4, -0.2) is 62.4 Å². The van der Waals surface area contributed by atoms with E-state index in [4.69, 9.17) is 23.7 Å². The predicted molar refractivity (Wildman–Crippen MR) is 172 cm³/mol. The number of carbonyl (C=O) groups excluding carboxylic acids is 3. The first kappa shape index (κ1) is 34.3. The van der Waals surface area contributed by atoms with E-state index in [-0.39, 0.29) is 18.1 Å². The molecule has 3 aromatic carbocycles. The van der Waals surface area contributed by atoms with E-state index < -0.39 is 24.3 Å².